The number of rotatable bonds is 9. The van der Waals surface area contributed by atoms with Crippen LogP contribution in [0.3, 0.4) is 0 Å². The van der Waals surface area contributed by atoms with Gasteiger partial charge in [0.05, 0.1) is 53.0 Å². The summed E-state index contributed by atoms with van der Waals surface area (Å²) in [6, 6.07) is 5.88. The number of Topliss-reactive ketones (excluding diaryl/α,β-unsaturated/α-hetero) is 1. The molecule has 0 bridgehead atoms. The molecule has 4 aliphatic rings. The van der Waals surface area contributed by atoms with Crippen molar-refractivity contribution in [3.63, 3.8) is 0 Å². The van der Waals surface area contributed by atoms with Gasteiger partial charge in [0.25, 0.3) is 0 Å². The summed E-state index contributed by atoms with van der Waals surface area (Å²) in [5.41, 5.74) is -4.20. The minimum absolute atomic E-state index is 0.0124. The van der Waals surface area contributed by atoms with Crippen molar-refractivity contribution in [2.24, 2.45) is 29.1 Å². The van der Waals surface area contributed by atoms with Gasteiger partial charge in [0.1, 0.15) is 6.10 Å². The first kappa shape index (κ1) is 42.3. The second-order valence-corrected chi connectivity index (χ2v) is 19.3. The highest BCUT2D eigenvalue weighted by Gasteiger charge is 2.63. The third-order valence-corrected chi connectivity index (χ3v) is 14.5. The number of amides is 2. The molecule has 2 aliphatic heterocycles. The summed E-state index contributed by atoms with van der Waals surface area (Å²) in [6.07, 6.45) is -0.350. The van der Waals surface area contributed by atoms with Crippen LogP contribution in [0.5, 0.6) is 11.8 Å². The monoisotopic (exact) mass is 820 g/mol. The van der Waals surface area contributed by atoms with Crippen LogP contribution in [-0.4, -0.2) is 89.4 Å². The Balaban J connectivity index is 1.36. The van der Waals surface area contributed by atoms with Crippen LogP contribution in [-0.2, 0) is 33.9 Å². The van der Waals surface area contributed by atoms with Gasteiger partial charge in [-0.15, -0.1) is 10.2 Å². The first-order valence-electron chi connectivity index (χ1n) is 19.4. The van der Waals surface area contributed by atoms with Crippen LogP contribution in [0.1, 0.15) is 92.4 Å². The van der Waals surface area contributed by atoms with Crippen molar-refractivity contribution in [2.75, 3.05) is 13.7 Å². The molecule has 1 aromatic heterocycles. The van der Waals surface area contributed by atoms with Crippen molar-refractivity contribution >= 4 is 44.4 Å². The average molecular weight is 821 g/mol. The number of alkyl halides is 3. The lowest BCUT2D eigenvalue weighted by Crippen LogP contribution is -2.48. The number of hydrogen-bond acceptors (Lipinski definition) is 11. The van der Waals surface area contributed by atoms with E-state index in [1.807, 2.05) is 19.1 Å². The molecule has 3 fully saturated rings. The van der Waals surface area contributed by atoms with Crippen LogP contribution in [0.25, 0.3) is 10.8 Å². The van der Waals surface area contributed by atoms with Crippen molar-refractivity contribution < 1.29 is 55.0 Å². The first-order chi connectivity index (χ1) is 26.6. The number of carbonyl (C=O) groups is 4. The van der Waals surface area contributed by atoms with E-state index in [-0.39, 0.29) is 43.5 Å². The maximum absolute atomic E-state index is 14.8. The predicted octanol–water partition coefficient (Wildman–Crippen LogP) is 5.85. The molecular formula is C40H51F3N4O9S. The minimum atomic E-state index is -4.87. The molecule has 0 unspecified atom stereocenters. The SMILES string of the molecule is COc1nnc(O[C@@H]2C[C@H]3C(=O)C[C@]4(C(=O)NS(=O)(=O)C5(C)CC5)C[C@H]4/C=C\CC[C@@H](C)C[C@@H](C)[C@H](CC(=O)OC(C)(C)C(F)(F)F)C(=O)N3C2)c2ccccc12. The standard InChI is InChI=1S/C40H51F3N4O9S/c1-23-11-7-8-12-25-20-39(25,36(51)46-57(52,53)38(5)15-16-38)21-31(48)30-18-26(55-34-28-14-10-9-13-27(28)33(54-6)44-45-34)22-47(30)35(50)29(24(2)17-23)19-32(49)56-37(3,4)40(41,42)43/h8-10,12-14,23-26,29-30H,7,11,15-22H2,1-6H3,(H,46,51)/b12-8-/t23-,24-,25-,26-,29+,30+,39-/m1/s1. The van der Waals surface area contributed by atoms with Crippen molar-refractivity contribution in [1.29, 1.82) is 0 Å². The van der Waals surface area contributed by atoms with Crippen molar-refractivity contribution in [3.8, 4) is 11.8 Å². The van der Waals surface area contributed by atoms with Gasteiger partial charge in [-0.3, -0.25) is 23.9 Å². The molecule has 2 saturated carbocycles. The van der Waals surface area contributed by atoms with E-state index in [2.05, 4.69) is 14.9 Å². The fourth-order valence-corrected chi connectivity index (χ4v) is 9.43. The highest BCUT2D eigenvalue weighted by Crippen LogP contribution is 2.58. The van der Waals surface area contributed by atoms with E-state index in [9.17, 15) is 40.8 Å². The molecular weight excluding hydrogens is 770 g/mol. The maximum atomic E-state index is 14.8. The number of sulfonamides is 1. The zero-order valence-corrected chi connectivity index (χ0v) is 33.9. The van der Waals surface area contributed by atoms with Gasteiger partial charge in [-0.05, 0) is 89.2 Å². The predicted molar refractivity (Wildman–Crippen MR) is 201 cm³/mol. The molecule has 2 aromatic rings. The van der Waals surface area contributed by atoms with E-state index in [0.29, 0.717) is 42.9 Å². The summed E-state index contributed by atoms with van der Waals surface area (Å²) in [5, 5.41) is 9.47. The zero-order chi connectivity index (χ0) is 41.7. The highest BCUT2D eigenvalue weighted by molar-refractivity contribution is 7.91. The fourth-order valence-electron chi connectivity index (χ4n) is 8.10. The molecule has 1 saturated heterocycles. The Kier molecular flexibility index (Phi) is 11.5. The number of carbonyl (C=O) groups excluding carboxylic acids is 4. The summed E-state index contributed by atoms with van der Waals surface area (Å²) in [7, 11) is -2.59. The number of ether oxygens (including phenoxy) is 3. The van der Waals surface area contributed by atoms with E-state index in [0.717, 1.165) is 13.8 Å². The van der Waals surface area contributed by atoms with Gasteiger partial charge in [-0.25, -0.2) is 8.42 Å². The molecule has 0 spiro atoms. The van der Waals surface area contributed by atoms with Gasteiger partial charge in [0.15, 0.2) is 5.78 Å². The van der Waals surface area contributed by atoms with Gasteiger partial charge >= 0.3 is 12.1 Å². The number of hydrogen-bond donors (Lipinski definition) is 1. The Hall–Kier alpha value is -4.28. The molecule has 312 valence electrons. The summed E-state index contributed by atoms with van der Waals surface area (Å²) in [4.78, 5) is 57.9. The van der Waals surface area contributed by atoms with Gasteiger partial charge in [0.2, 0.25) is 39.2 Å². The van der Waals surface area contributed by atoms with E-state index in [1.54, 1.807) is 38.1 Å². The Labute approximate surface area is 330 Å². The average Bonchev–Trinajstić information content (AvgIpc) is 4.01. The number of ketones is 1. The molecule has 1 N–H and O–H groups in total. The second-order valence-electron chi connectivity index (χ2n) is 17.2. The lowest BCUT2D eigenvalue weighted by atomic mass is 9.82. The molecule has 7 atom stereocenters. The summed E-state index contributed by atoms with van der Waals surface area (Å²) < 4.78 is 85.5. The fraction of sp³-hybridized carbons (Fsp3) is 0.650. The number of allylic oxidation sites excluding steroid dienone is 2. The number of fused-ring (bicyclic) bond motifs is 3. The van der Waals surface area contributed by atoms with Crippen molar-refractivity contribution in [2.45, 2.75) is 121 Å². The Morgan fingerprint density at radius 2 is 1.68 bits per heavy atom. The third-order valence-electron chi connectivity index (χ3n) is 12.3. The Morgan fingerprint density at radius 1 is 1.04 bits per heavy atom. The second kappa shape index (κ2) is 15.5. The molecule has 0 radical (unpaired) electrons. The van der Waals surface area contributed by atoms with Gasteiger partial charge < -0.3 is 19.1 Å². The summed E-state index contributed by atoms with van der Waals surface area (Å²) in [6.45, 7) is 6.60. The van der Waals surface area contributed by atoms with E-state index in [4.69, 9.17) is 14.2 Å². The largest absolute Gasteiger partial charge is 0.479 e. The highest BCUT2D eigenvalue weighted by atomic mass is 32.2. The number of nitrogens with one attached hydrogen (secondary N) is 1. The van der Waals surface area contributed by atoms with Crippen LogP contribution < -0.4 is 14.2 Å². The molecule has 6 rings (SSSR count). The summed E-state index contributed by atoms with van der Waals surface area (Å²) >= 11 is 0. The number of nitrogens with zero attached hydrogens (tertiary/aromatic N) is 3. The van der Waals surface area contributed by atoms with Crippen LogP contribution >= 0.6 is 0 Å². The molecule has 2 aliphatic carbocycles. The number of aromatic nitrogens is 2. The van der Waals surface area contributed by atoms with Crippen LogP contribution in [0, 0.1) is 29.1 Å². The summed E-state index contributed by atoms with van der Waals surface area (Å²) in [5.74, 6) is -4.90. The van der Waals surface area contributed by atoms with E-state index in [1.165, 1.54) is 12.0 Å². The molecule has 1 aromatic carbocycles. The number of halogens is 3. The Bertz CT molecular complexity index is 2050. The van der Waals surface area contributed by atoms with E-state index >= 15 is 0 Å². The Morgan fingerprint density at radius 3 is 2.32 bits per heavy atom. The lowest BCUT2D eigenvalue weighted by Gasteiger charge is -2.33. The molecule has 57 heavy (non-hydrogen) atoms. The topological polar surface area (TPSA) is 171 Å². The smallest absolute Gasteiger partial charge is 0.427 e. The van der Waals surface area contributed by atoms with Crippen LogP contribution in [0.2, 0.25) is 0 Å². The molecule has 17 heteroatoms. The maximum Gasteiger partial charge on any atom is 0.427 e. The van der Waals surface area contributed by atoms with Crippen LogP contribution in [0.4, 0.5) is 13.2 Å². The third kappa shape index (κ3) is 8.63. The number of esters is 1. The van der Waals surface area contributed by atoms with Crippen LogP contribution in [0.15, 0.2) is 36.4 Å². The van der Waals surface area contributed by atoms with E-state index < -0.39 is 91.8 Å². The number of benzene rings is 1. The van der Waals surface area contributed by atoms with Crippen molar-refractivity contribution in [1.82, 2.24) is 19.8 Å². The number of methoxy groups -OCH3 is 1. The minimum Gasteiger partial charge on any atom is -0.479 e. The quantitative estimate of drug-likeness (QED) is 0.238. The molecule has 2 amide bonds. The van der Waals surface area contributed by atoms with Gasteiger partial charge in [-0.2, -0.15) is 13.2 Å². The molecule has 3 heterocycles. The first-order valence-corrected chi connectivity index (χ1v) is 20.9. The lowest BCUT2D eigenvalue weighted by molar-refractivity contribution is -0.257. The zero-order valence-electron chi connectivity index (χ0n) is 33.1. The van der Waals surface area contributed by atoms with Gasteiger partial charge in [-0.1, -0.05) is 38.1 Å². The molecule has 13 nitrogen and oxygen atoms in total. The van der Waals surface area contributed by atoms with Crippen molar-refractivity contribution in [3.05, 3.63) is 36.4 Å². The normalized spacial score (nSPS) is 29.9. The van der Waals surface area contributed by atoms with Gasteiger partial charge in [0, 0.05) is 12.8 Å².